The molecular formula is C37H57N. The minimum Gasteiger partial charge on any atom is -0.256 e. The summed E-state index contributed by atoms with van der Waals surface area (Å²) in [5, 5.41) is 0. The topological polar surface area (TPSA) is 12.9 Å². The van der Waals surface area contributed by atoms with Crippen molar-refractivity contribution >= 4 is 5.57 Å². The van der Waals surface area contributed by atoms with Crippen LogP contribution in [0.2, 0.25) is 0 Å². The molecule has 2 atom stereocenters. The van der Waals surface area contributed by atoms with E-state index in [-0.39, 0.29) is 32.5 Å². The Morgan fingerprint density at radius 3 is 2.08 bits per heavy atom. The molecule has 0 amide bonds. The smallest absolute Gasteiger partial charge is 0.0668 e. The van der Waals surface area contributed by atoms with E-state index in [0.717, 1.165) is 12.8 Å². The van der Waals surface area contributed by atoms with Gasteiger partial charge in [0.2, 0.25) is 0 Å². The number of hydrogen-bond acceptors (Lipinski definition) is 1. The van der Waals surface area contributed by atoms with Crippen LogP contribution in [0.1, 0.15) is 145 Å². The zero-order valence-electron chi connectivity index (χ0n) is 27.2. The van der Waals surface area contributed by atoms with Gasteiger partial charge in [0, 0.05) is 6.20 Å². The third-order valence-corrected chi connectivity index (χ3v) is 12.3. The van der Waals surface area contributed by atoms with Gasteiger partial charge in [0.25, 0.3) is 0 Å². The second kappa shape index (κ2) is 9.21. The van der Waals surface area contributed by atoms with Crippen molar-refractivity contribution in [3.63, 3.8) is 0 Å². The van der Waals surface area contributed by atoms with E-state index in [1.54, 1.807) is 11.1 Å². The SMILES string of the molecule is CCC=CC(C)(CCC)C1CC2=C(C=C1c1cc3c(cn1)C(C)(C)CCC3(C)C)C(C)(C)C(C)(C)C2(C)C. The number of fused-ring (bicyclic) bond motifs is 1. The van der Waals surface area contributed by atoms with E-state index in [9.17, 15) is 0 Å². The normalized spacial score (nSPS) is 28.0. The van der Waals surface area contributed by atoms with Crippen molar-refractivity contribution in [2.45, 2.75) is 139 Å². The zero-order chi connectivity index (χ0) is 28.5. The lowest BCUT2D eigenvalue weighted by Gasteiger charge is -2.46. The van der Waals surface area contributed by atoms with Crippen LogP contribution in [0.5, 0.6) is 0 Å². The van der Waals surface area contributed by atoms with E-state index in [0.29, 0.717) is 5.92 Å². The molecule has 0 radical (unpaired) electrons. The summed E-state index contributed by atoms with van der Waals surface area (Å²) in [5.41, 5.74) is 9.86. The third-order valence-electron chi connectivity index (χ3n) is 12.3. The second-order valence-corrected chi connectivity index (χ2v) is 16.1. The van der Waals surface area contributed by atoms with Gasteiger partial charge in [-0.25, -0.2) is 0 Å². The lowest BCUT2D eigenvalue weighted by molar-refractivity contribution is 0.0608. The number of pyridine rings is 1. The lowest BCUT2D eigenvalue weighted by Crippen LogP contribution is -2.39. The fourth-order valence-electron chi connectivity index (χ4n) is 8.16. The maximum absolute atomic E-state index is 5.30. The molecule has 0 fully saturated rings. The van der Waals surface area contributed by atoms with Crippen LogP contribution < -0.4 is 0 Å². The summed E-state index contributed by atoms with van der Waals surface area (Å²) in [6, 6.07) is 2.51. The minimum atomic E-state index is 0.106. The van der Waals surface area contributed by atoms with E-state index >= 15 is 0 Å². The molecule has 1 heteroatoms. The molecule has 1 heterocycles. The Balaban J connectivity index is 1.99. The molecule has 1 nitrogen and oxygen atoms in total. The van der Waals surface area contributed by atoms with Crippen molar-refractivity contribution in [3.8, 4) is 0 Å². The minimum absolute atomic E-state index is 0.106. The highest BCUT2D eigenvalue weighted by Gasteiger charge is 2.59. The van der Waals surface area contributed by atoms with E-state index in [1.807, 2.05) is 0 Å². The van der Waals surface area contributed by atoms with Crippen LogP contribution in [0, 0.1) is 27.6 Å². The average molecular weight is 516 g/mol. The number of nitrogens with zero attached hydrogens (tertiary/aromatic N) is 1. The van der Waals surface area contributed by atoms with Crippen molar-refractivity contribution in [2.24, 2.45) is 27.6 Å². The number of allylic oxidation sites excluding steroid dienone is 6. The summed E-state index contributed by atoms with van der Waals surface area (Å²) < 4.78 is 0. The van der Waals surface area contributed by atoms with Crippen LogP contribution in [0.25, 0.3) is 5.57 Å². The van der Waals surface area contributed by atoms with E-state index in [1.165, 1.54) is 48.1 Å². The van der Waals surface area contributed by atoms with Gasteiger partial charge in [0.05, 0.1) is 5.69 Å². The van der Waals surface area contributed by atoms with Gasteiger partial charge in [0.1, 0.15) is 0 Å². The molecule has 0 aromatic carbocycles. The highest BCUT2D eigenvalue weighted by molar-refractivity contribution is 5.74. The monoisotopic (exact) mass is 515 g/mol. The van der Waals surface area contributed by atoms with Crippen molar-refractivity contribution in [1.82, 2.24) is 4.98 Å². The van der Waals surface area contributed by atoms with Gasteiger partial charge in [-0.05, 0) is 98.9 Å². The first-order valence-electron chi connectivity index (χ1n) is 15.5. The molecule has 3 aliphatic rings. The number of rotatable bonds is 6. The molecule has 210 valence electrons. The van der Waals surface area contributed by atoms with E-state index in [2.05, 4.69) is 120 Å². The molecular weight excluding hydrogens is 458 g/mol. The van der Waals surface area contributed by atoms with Crippen LogP contribution in [0.3, 0.4) is 0 Å². The van der Waals surface area contributed by atoms with Gasteiger partial charge < -0.3 is 0 Å². The van der Waals surface area contributed by atoms with Crippen LogP contribution >= 0.6 is 0 Å². The summed E-state index contributed by atoms with van der Waals surface area (Å²) >= 11 is 0. The Kier molecular flexibility index (Phi) is 7.11. The van der Waals surface area contributed by atoms with E-state index in [4.69, 9.17) is 4.98 Å². The fourth-order valence-corrected chi connectivity index (χ4v) is 8.16. The molecule has 1 aromatic heterocycles. The van der Waals surface area contributed by atoms with Gasteiger partial charge in [-0.1, -0.05) is 120 Å². The maximum Gasteiger partial charge on any atom is 0.0668 e. The molecule has 0 saturated carbocycles. The summed E-state index contributed by atoms with van der Waals surface area (Å²) in [7, 11) is 0. The quantitative estimate of drug-likeness (QED) is 0.343. The number of aromatic nitrogens is 1. The predicted molar refractivity (Wildman–Crippen MR) is 166 cm³/mol. The molecule has 2 unspecified atom stereocenters. The molecule has 1 aromatic rings. The largest absolute Gasteiger partial charge is 0.256 e. The molecule has 38 heavy (non-hydrogen) atoms. The standard InChI is InChI=1S/C37H57N/c1-14-16-18-37(13,17-15-2)26-22-29-28(34(7,8)36(11,12)35(29,9)10)21-25(26)31-23-27-30(24-38-31)33(5,6)20-19-32(27,3)4/h16,18,21,23-24,26H,14-15,17,19-20,22H2,1-13H3. The first kappa shape index (κ1) is 29.4. The molecule has 0 saturated heterocycles. The first-order chi connectivity index (χ1) is 17.4. The highest BCUT2D eigenvalue weighted by atomic mass is 14.7. The summed E-state index contributed by atoms with van der Waals surface area (Å²) in [4.78, 5) is 5.30. The summed E-state index contributed by atoms with van der Waals surface area (Å²) in [5.74, 6) is 0.429. The molecule has 0 N–H and O–H groups in total. The Morgan fingerprint density at radius 2 is 1.50 bits per heavy atom. The van der Waals surface area contributed by atoms with Crippen LogP contribution in [-0.2, 0) is 10.8 Å². The van der Waals surface area contributed by atoms with Crippen LogP contribution in [-0.4, -0.2) is 4.98 Å². The highest BCUT2D eigenvalue weighted by Crippen LogP contribution is 2.69. The molecule has 3 aliphatic carbocycles. The van der Waals surface area contributed by atoms with Gasteiger partial charge in [-0.15, -0.1) is 0 Å². The van der Waals surface area contributed by atoms with Gasteiger partial charge in [-0.2, -0.15) is 0 Å². The Bertz CT molecular complexity index is 1180. The molecule has 0 aliphatic heterocycles. The summed E-state index contributed by atoms with van der Waals surface area (Å²) in [6.07, 6.45) is 16.9. The van der Waals surface area contributed by atoms with E-state index < -0.39 is 0 Å². The fraction of sp³-hybridized carbons (Fsp3) is 0.703. The predicted octanol–water partition coefficient (Wildman–Crippen LogP) is 11.0. The Hall–Kier alpha value is -1.63. The maximum atomic E-state index is 5.30. The average Bonchev–Trinajstić information content (AvgIpc) is 2.94. The Labute approximate surface area is 235 Å². The summed E-state index contributed by atoms with van der Waals surface area (Å²) in [6.45, 7) is 31.8. The third kappa shape index (κ3) is 4.21. The molecule has 0 bridgehead atoms. The molecule has 0 spiro atoms. The van der Waals surface area contributed by atoms with Gasteiger partial charge in [0.15, 0.2) is 0 Å². The van der Waals surface area contributed by atoms with Crippen molar-refractivity contribution in [3.05, 3.63) is 58.5 Å². The number of hydrogen-bond donors (Lipinski definition) is 0. The van der Waals surface area contributed by atoms with Crippen molar-refractivity contribution in [1.29, 1.82) is 0 Å². The lowest BCUT2D eigenvalue weighted by atomic mass is 9.57. The second-order valence-electron chi connectivity index (χ2n) is 16.1. The van der Waals surface area contributed by atoms with Crippen LogP contribution in [0.15, 0.2) is 41.6 Å². The van der Waals surface area contributed by atoms with Gasteiger partial charge in [-0.3, -0.25) is 4.98 Å². The molecule has 4 rings (SSSR count). The zero-order valence-corrected chi connectivity index (χ0v) is 27.2. The first-order valence-corrected chi connectivity index (χ1v) is 15.5. The van der Waals surface area contributed by atoms with Crippen LogP contribution in [0.4, 0.5) is 0 Å². The van der Waals surface area contributed by atoms with Crippen molar-refractivity contribution in [2.75, 3.05) is 0 Å². The van der Waals surface area contributed by atoms with Crippen molar-refractivity contribution < 1.29 is 0 Å². The van der Waals surface area contributed by atoms with Gasteiger partial charge >= 0.3 is 0 Å². The Morgan fingerprint density at radius 1 is 0.895 bits per heavy atom.